The molecular formula is C56H90N8O2S. The Bertz CT molecular complexity index is 2400. The minimum atomic E-state index is 0.469. The van der Waals surface area contributed by atoms with Crippen molar-refractivity contribution in [2.24, 2.45) is 0 Å². The van der Waals surface area contributed by atoms with E-state index in [2.05, 4.69) is 171 Å². The summed E-state index contributed by atoms with van der Waals surface area (Å²) in [7, 11) is 0. The smallest absolute Gasteiger partial charge is 0.191 e. The van der Waals surface area contributed by atoms with E-state index in [0.29, 0.717) is 35.5 Å². The zero-order chi connectivity index (χ0) is 51.9. The summed E-state index contributed by atoms with van der Waals surface area (Å²) in [5.41, 5.74) is 17.7. The van der Waals surface area contributed by atoms with Crippen LogP contribution in [-0.4, -0.2) is 39.9 Å². The summed E-state index contributed by atoms with van der Waals surface area (Å²) in [5, 5.41) is 1.26. The Morgan fingerprint density at radius 2 is 0.687 bits per heavy atom. The minimum absolute atomic E-state index is 0.469. The first kappa shape index (κ1) is 60.4. The van der Waals surface area contributed by atoms with E-state index >= 15 is 0 Å². The van der Waals surface area contributed by atoms with Crippen LogP contribution in [-0.2, 0) is 0 Å². The van der Waals surface area contributed by atoms with Gasteiger partial charge in [0.25, 0.3) is 0 Å². The molecule has 0 atom stereocenters. The first-order valence-electron chi connectivity index (χ1n) is 24.2. The molecule has 0 N–H and O–H groups in total. The molecule has 0 radical (unpaired) electrons. The third-order valence-electron chi connectivity index (χ3n) is 11.5. The summed E-state index contributed by atoms with van der Waals surface area (Å²) >= 11 is 1.81. The number of oxazole rings is 2. The summed E-state index contributed by atoms with van der Waals surface area (Å²) in [5.74, 6) is 7.32. The first-order valence-corrected chi connectivity index (χ1v) is 25.0. The molecule has 11 heteroatoms. The van der Waals surface area contributed by atoms with Crippen molar-refractivity contribution in [2.75, 3.05) is 0 Å². The van der Waals surface area contributed by atoms with E-state index in [1.54, 1.807) is 0 Å². The quantitative estimate of drug-likeness (QED) is 0.159. The van der Waals surface area contributed by atoms with Crippen LogP contribution in [0.25, 0.3) is 0 Å². The highest BCUT2D eigenvalue weighted by Crippen LogP contribution is 2.25. The van der Waals surface area contributed by atoms with E-state index in [1.165, 1.54) is 54.9 Å². The molecule has 0 amide bonds. The van der Waals surface area contributed by atoms with Gasteiger partial charge in [-0.25, -0.2) is 24.9 Å². The van der Waals surface area contributed by atoms with Crippen molar-refractivity contribution in [3.05, 3.63) is 124 Å². The zero-order valence-electron chi connectivity index (χ0n) is 47.3. The lowest BCUT2D eigenvalue weighted by Crippen LogP contribution is -2.03. The Kier molecular flexibility index (Phi) is 24.7. The van der Waals surface area contributed by atoms with Gasteiger partial charge < -0.3 is 8.83 Å². The van der Waals surface area contributed by atoms with Crippen LogP contribution in [0, 0.1) is 111 Å². The van der Waals surface area contributed by atoms with Gasteiger partial charge in [-0.15, -0.1) is 11.3 Å². The maximum absolute atomic E-state index is 5.26. The van der Waals surface area contributed by atoms with Crippen molar-refractivity contribution < 1.29 is 8.83 Å². The maximum atomic E-state index is 5.26. The number of aromatic nitrogens is 8. The third kappa shape index (κ3) is 18.8. The standard InChI is InChI=1S/C12H19N.2C10H16N2.2C8H13NO.C8H13NS/c1-7(2)12-10(5)8(3)9(4)11(6)13-12;1-6(2)10-9(5)11-7(3)8(4)12-10;1-6(2)10-7(3)8(4)11-9(5)12-10;2*1-5(2)8-6(3)10-7(4)9-8;1-5(2)8-9-6(3)7(4)10-8/h7H,1-6H3;2*6H,1-5H3;3*5H,1-4H3. The lowest BCUT2D eigenvalue weighted by molar-refractivity contribution is 0.491. The van der Waals surface area contributed by atoms with Gasteiger partial charge in [0.15, 0.2) is 11.8 Å². The normalized spacial score (nSPS) is 10.9. The molecular weight excluding hydrogens is 849 g/mol. The summed E-state index contributed by atoms with van der Waals surface area (Å²) in [6.07, 6.45) is 0. The van der Waals surface area contributed by atoms with Gasteiger partial charge in [-0.05, 0) is 149 Å². The van der Waals surface area contributed by atoms with Crippen LogP contribution in [0.4, 0.5) is 0 Å². The lowest BCUT2D eigenvalue weighted by atomic mass is 9.97. The third-order valence-corrected chi connectivity index (χ3v) is 12.9. The highest BCUT2D eigenvalue weighted by molar-refractivity contribution is 7.11. The van der Waals surface area contributed by atoms with E-state index in [4.69, 9.17) is 8.83 Å². The van der Waals surface area contributed by atoms with Gasteiger partial charge in [-0.2, -0.15) is 0 Å². The van der Waals surface area contributed by atoms with E-state index in [-0.39, 0.29) is 0 Å². The zero-order valence-corrected chi connectivity index (χ0v) is 48.1. The van der Waals surface area contributed by atoms with Crippen molar-refractivity contribution in [3.63, 3.8) is 0 Å². The second kappa shape index (κ2) is 27.4. The van der Waals surface area contributed by atoms with Gasteiger partial charge in [-0.3, -0.25) is 15.0 Å². The molecule has 6 aromatic heterocycles. The Labute approximate surface area is 411 Å². The minimum Gasteiger partial charge on any atom is -0.446 e. The fraction of sp³-hybridized carbons (Fsp3) is 0.607. The molecule has 0 aliphatic heterocycles. The summed E-state index contributed by atoms with van der Waals surface area (Å²) in [6.45, 7) is 58.4. The predicted molar refractivity (Wildman–Crippen MR) is 284 cm³/mol. The van der Waals surface area contributed by atoms with Crippen LogP contribution < -0.4 is 0 Å². The van der Waals surface area contributed by atoms with Crippen molar-refractivity contribution in [1.82, 2.24) is 39.9 Å². The molecule has 0 unspecified atom stereocenters. The van der Waals surface area contributed by atoms with Gasteiger partial charge in [0.05, 0.1) is 44.9 Å². The van der Waals surface area contributed by atoms with E-state index in [1.807, 2.05) is 73.7 Å². The highest BCUT2D eigenvalue weighted by Gasteiger charge is 2.13. The van der Waals surface area contributed by atoms with Gasteiger partial charge in [0.1, 0.15) is 17.3 Å². The number of hydrogen-bond donors (Lipinski definition) is 0. The lowest BCUT2D eigenvalue weighted by Gasteiger charge is -2.15. The van der Waals surface area contributed by atoms with E-state index in [0.717, 1.165) is 69.0 Å². The van der Waals surface area contributed by atoms with Crippen LogP contribution in [0.15, 0.2) is 8.83 Å². The van der Waals surface area contributed by atoms with Crippen molar-refractivity contribution in [1.29, 1.82) is 0 Å². The van der Waals surface area contributed by atoms with E-state index < -0.39 is 0 Å². The van der Waals surface area contributed by atoms with Crippen molar-refractivity contribution in [2.45, 2.75) is 229 Å². The number of hydrogen-bond acceptors (Lipinski definition) is 11. The molecule has 6 heterocycles. The number of aryl methyl sites for hydroxylation is 12. The molecule has 0 spiro atoms. The van der Waals surface area contributed by atoms with E-state index in [9.17, 15) is 0 Å². The number of thiazole rings is 1. The van der Waals surface area contributed by atoms with Crippen LogP contribution in [0.3, 0.4) is 0 Å². The average molecular weight is 939 g/mol. The molecule has 6 rings (SSSR count). The molecule has 0 aliphatic rings. The summed E-state index contributed by atoms with van der Waals surface area (Å²) < 4.78 is 10.5. The predicted octanol–water partition coefficient (Wildman–Crippen LogP) is 16.2. The van der Waals surface area contributed by atoms with Crippen molar-refractivity contribution in [3.8, 4) is 0 Å². The van der Waals surface area contributed by atoms with Gasteiger partial charge in [-0.1, -0.05) is 83.1 Å². The van der Waals surface area contributed by atoms with Crippen molar-refractivity contribution >= 4 is 11.3 Å². The molecule has 0 aromatic carbocycles. The Hall–Kier alpha value is -4.64. The second-order valence-corrected chi connectivity index (χ2v) is 20.9. The molecule has 0 bridgehead atoms. The number of rotatable bonds is 6. The Morgan fingerprint density at radius 1 is 0.299 bits per heavy atom. The van der Waals surface area contributed by atoms with Gasteiger partial charge in [0.2, 0.25) is 0 Å². The van der Waals surface area contributed by atoms with Gasteiger partial charge in [0, 0.05) is 47.4 Å². The molecule has 10 nitrogen and oxygen atoms in total. The fourth-order valence-electron chi connectivity index (χ4n) is 7.20. The molecule has 0 fully saturated rings. The first-order chi connectivity index (χ1) is 30.8. The van der Waals surface area contributed by atoms with Gasteiger partial charge >= 0.3 is 0 Å². The average Bonchev–Trinajstić information content (AvgIpc) is 3.88. The Morgan fingerprint density at radius 3 is 1.01 bits per heavy atom. The monoisotopic (exact) mass is 939 g/mol. The van der Waals surface area contributed by atoms with Crippen LogP contribution in [0.5, 0.6) is 0 Å². The second-order valence-electron chi connectivity index (χ2n) is 19.7. The largest absolute Gasteiger partial charge is 0.446 e. The van der Waals surface area contributed by atoms with Crippen LogP contribution >= 0.6 is 11.3 Å². The molecule has 0 saturated heterocycles. The summed E-state index contributed by atoms with van der Waals surface area (Å²) in [4.78, 5) is 36.6. The Balaban J connectivity index is 0.000000403. The summed E-state index contributed by atoms with van der Waals surface area (Å²) in [6, 6.07) is 0. The fourth-order valence-corrected chi connectivity index (χ4v) is 8.12. The number of pyridine rings is 1. The molecule has 0 aliphatic carbocycles. The molecule has 0 saturated carbocycles. The van der Waals surface area contributed by atoms with Crippen LogP contribution in [0.1, 0.15) is 242 Å². The topological polar surface area (TPSA) is 129 Å². The molecule has 6 aromatic rings. The van der Waals surface area contributed by atoms with Crippen LogP contribution in [0.2, 0.25) is 0 Å². The molecule has 67 heavy (non-hydrogen) atoms. The molecule has 372 valence electrons. The SMILES string of the molecule is Cc1nc(C(C)C)c(C)c(C)c1C.Cc1nc(C(C)C)c(C)o1.Cc1nc(C(C)C)c(C)o1.Cc1nc(C(C)C)sc1C.Cc1nc(C)c(C(C)C)nc1C.Cc1nc(C)c(C)c(C(C)C)n1. The number of nitrogens with zero attached hydrogens (tertiary/aromatic N) is 8. The maximum Gasteiger partial charge on any atom is 0.191 e. The highest BCUT2D eigenvalue weighted by atomic mass is 32.1.